The number of aryl methyl sites for hydroxylation is 1. The summed E-state index contributed by atoms with van der Waals surface area (Å²) in [5.74, 6) is -0.408. The molecule has 2 N–H and O–H groups in total. The Kier molecular flexibility index (Phi) is 6.18. The molecule has 1 aromatic heterocycles. The van der Waals surface area contributed by atoms with E-state index in [4.69, 9.17) is 4.74 Å². The molecule has 1 heterocycles. The topological polar surface area (TPSA) is 93.6 Å². The van der Waals surface area contributed by atoms with Crippen molar-refractivity contribution in [1.29, 1.82) is 0 Å². The summed E-state index contributed by atoms with van der Waals surface area (Å²) in [6, 6.07) is 3.88. The number of phenolic OH excluding ortho intramolecular Hbond substituents is 1. The van der Waals surface area contributed by atoms with Gasteiger partial charge in [-0.2, -0.15) is 8.78 Å². The molecule has 2 rings (SSSR count). The zero-order valence-electron chi connectivity index (χ0n) is 13.6. The van der Waals surface area contributed by atoms with Gasteiger partial charge in [0.2, 0.25) is 0 Å². The Balaban J connectivity index is 2.14. The maximum atomic E-state index is 12.4. The number of hydrogen-bond acceptors (Lipinski definition) is 6. The highest BCUT2D eigenvalue weighted by atomic mass is 19.3. The van der Waals surface area contributed by atoms with Gasteiger partial charge in [0.05, 0.1) is 30.3 Å². The average molecular weight is 353 g/mol. The molecule has 0 bridgehead atoms. The lowest BCUT2D eigenvalue weighted by molar-refractivity contribution is -0.142. The van der Waals surface area contributed by atoms with E-state index in [1.165, 1.54) is 37.5 Å². The van der Waals surface area contributed by atoms with E-state index in [1.807, 2.05) is 0 Å². The smallest absolute Gasteiger partial charge is 0.345 e. The molecule has 1 aromatic carbocycles. The molecule has 1 unspecified atom stereocenters. The summed E-state index contributed by atoms with van der Waals surface area (Å²) >= 11 is 0. The summed E-state index contributed by atoms with van der Waals surface area (Å²) in [5.41, 5.74) is 0.707. The Morgan fingerprint density at radius 1 is 1.32 bits per heavy atom. The number of hydrogen-bond donors (Lipinski definition) is 2. The van der Waals surface area contributed by atoms with Crippen LogP contribution in [0.15, 0.2) is 30.6 Å². The minimum Gasteiger partial charge on any atom is -0.508 e. The van der Waals surface area contributed by atoms with Crippen LogP contribution in [0.5, 0.6) is 11.5 Å². The molecular weight excluding hydrogens is 336 g/mol. The van der Waals surface area contributed by atoms with Gasteiger partial charge in [-0.1, -0.05) is 0 Å². The van der Waals surface area contributed by atoms with Crippen molar-refractivity contribution in [3.8, 4) is 11.5 Å². The highest BCUT2D eigenvalue weighted by Gasteiger charge is 2.17. The molecule has 0 saturated heterocycles. The SMILES string of the molecule is Cc1cnc(NC(=O)c2cc(O)ccc2OC(C)COC(F)F)cn1. The van der Waals surface area contributed by atoms with Gasteiger partial charge in [0.25, 0.3) is 5.91 Å². The van der Waals surface area contributed by atoms with Crippen molar-refractivity contribution in [3.63, 3.8) is 0 Å². The number of amides is 1. The number of aromatic hydroxyl groups is 1. The zero-order chi connectivity index (χ0) is 18.4. The Hall–Kier alpha value is -2.81. The van der Waals surface area contributed by atoms with Crippen LogP contribution >= 0.6 is 0 Å². The van der Waals surface area contributed by atoms with Crippen molar-refractivity contribution in [2.75, 3.05) is 11.9 Å². The first kappa shape index (κ1) is 18.5. The number of ether oxygens (including phenoxy) is 2. The van der Waals surface area contributed by atoms with Crippen LogP contribution in [0.3, 0.4) is 0 Å². The van der Waals surface area contributed by atoms with Gasteiger partial charge < -0.3 is 19.9 Å². The van der Waals surface area contributed by atoms with Crippen LogP contribution in [0, 0.1) is 6.92 Å². The standard InChI is InChI=1S/C16H17F2N3O4/c1-9-6-20-14(7-19-9)21-15(23)12-5-11(22)3-4-13(12)25-10(2)8-24-16(17)18/h3-7,10,16,22H,8H2,1-2H3,(H,20,21,23). The third-order valence-electron chi connectivity index (χ3n) is 3.02. The van der Waals surface area contributed by atoms with Crippen LogP contribution in [0.4, 0.5) is 14.6 Å². The molecule has 9 heteroatoms. The van der Waals surface area contributed by atoms with Crippen LogP contribution < -0.4 is 10.1 Å². The number of carbonyl (C=O) groups is 1. The number of carbonyl (C=O) groups excluding carboxylic acids is 1. The molecule has 0 saturated carbocycles. The van der Waals surface area contributed by atoms with Crippen LogP contribution in [-0.4, -0.2) is 40.3 Å². The third-order valence-corrected chi connectivity index (χ3v) is 3.02. The highest BCUT2D eigenvalue weighted by Crippen LogP contribution is 2.25. The van der Waals surface area contributed by atoms with Crippen LogP contribution in [0.1, 0.15) is 23.0 Å². The van der Waals surface area contributed by atoms with E-state index >= 15 is 0 Å². The lowest BCUT2D eigenvalue weighted by Gasteiger charge is -2.17. The van der Waals surface area contributed by atoms with Gasteiger partial charge >= 0.3 is 6.61 Å². The Morgan fingerprint density at radius 3 is 2.72 bits per heavy atom. The van der Waals surface area contributed by atoms with Gasteiger partial charge in [0, 0.05) is 0 Å². The van der Waals surface area contributed by atoms with Crippen molar-refractivity contribution in [2.45, 2.75) is 26.6 Å². The Bertz CT molecular complexity index is 726. The minimum absolute atomic E-state index is 0.0197. The quantitative estimate of drug-likeness (QED) is 0.795. The van der Waals surface area contributed by atoms with Gasteiger partial charge in [0.15, 0.2) is 5.82 Å². The van der Waals surface area contributed by atoms with Crippen molar-refractivity contribution in [3.05, 3.63) is 41.9 Å². The number of nitrogens with zero attached hydrogens (tertiary/aromatic N) is 2. The van der Waals surface area contributed by atoms with Gasteiger partial charge in [-0.05, 0) is 32.0 Å². The van der Waals surface area contributed by atoms with Crippen LogP contribution in [-0.2, 0) is 4.74 Å². The van der Waals surface area contributed by atoms with E-state index < -0.39 is 18.6 Å². The van der Waals surface area contributed by atoms with E-state index in [2.05, 4.69) is 20.0 Å². The molecule has 0 aliphatic heterocycles. The molecule has 0 aliphatic rings. The Morgan fingerprint density at radius 2 is 2.08 bits per heavy atom. The van der Waals surface area contributed by atoms with E-state index in [-0.39, 0.29) is 29.5 Å². The number of rotatable bonds is 7. The number of anilines is 1. The predicted octanol–water partition coefficient (Wildman–Crippen LogP) is 2.75. The first-order valence-corrected chi connectivity index (χ1v) is 7.34. The number of halogens is 2. The number of benzene rings is 1. The molecule has 2 aromatic rings. The lowest BCUT2D eigenvalue weighted by atomic mass is 10.1. The predicted molar refractivity (Wildman–Crippen MR) is 84.9 cm³/mol. The molecule has 7 nitrogen and oxygen atoms in total. The number of aromatic nitrogens is 2. The lowest BCUT2D eigenvalue weighted by Crippen LogP contribution is -2.23. The summed E-state index contributed by atoms with van der Waals surface area (Å²) in [5, 5.41) is 12.1. The summed E-state index contributed by atoms with van der Waals surface area (Å²) in [6.07, 6.45) is 2.14. The minimum atomic E-state index is -2.91. The van der Waals surface area contributed by atoms with E-state index in [1.54, 1.807) is 6.92 Å². The van der Waals surface area contributed by atoms with E-state index in [9.17, 15) is 18.7 Å². The fourth-order valence-electron chi connectivity index (χ4n) is 1.90. The number of phenols is 1. The maximum absolute atomic E-state index is 12.4. The van der Waals surface area contributed by atoms with E-state index in [0.717, 1.165) is 0 Å². The molecule has 0 radical (unpaired) electrons. The van der Waals surface area contributed by atoms with Crippen molar-refractivity contribution >= 4 is 11.7 Å². The van der Waals surface area contributed by atoms with Gasteiger partial charge in [-0.25, -0.2) is 4.98 Å². The molecule has 25 heavy (non-hydrogen) atoms. The van der Waals surface area contributed by atoms with Crippen molar-refractivity contribution in [1.82, 2.24) is 9.97 Å². The second kappa shape index (κ2) is 8.34. The normalized spacial score (nSPS) is 12.0. The molecule has 0 fully saturated rings. The van der Waals surface area contributed by atoms with E-state index in [0.29, 0.717) is 5.69 Å². The largest absolute Gasteiger partial charge is 0.508 e. The fraction of sp³-hybridized carbons (Fsp3) is 0.312. The molecule has 134 valence electrons. The number of nitrogens with one attached hydrogen (secondary N) is 1. The summed E-state index contributed by atoms with van der Waals surface area (Å²) in [7, 11) is 0. The average Bonchev–Trinajstić information content (AvgIpc) is 2.56. The fourth-order valence-corrected chi connectivity index (χ4v) is 1.90. The van der Waals surface area contributed by atoms with Crippen LogP contribution in [0.25, 0.3) is 0 Å². The highest BCUT2D eigenvalue weighted by molar-refractivity contribution is 6.06. The van der Waals surface area contributed by atoms with Gasteiger partial charge in [-0.3, -0.25) is 9.78 Å². The summed E-state index contributed by atoms with van der Waals surface area (Å²) in [6.45, 7) is 0.00220. The molecule has 0 aliphatic carbocycles. The van der Waals surface area contributed by atoms with Gasteiger partial charge in [0.1, 0.15) is 17.6 Å². The maximum Gasteiger partial charge on any atom is 0.345 e. The molecule has 0 spiro atoms. The first-order valence-electron chi connectivity index (χ1n) is 7.34. The second-order valence-electron chi connectivity index (χ2n) is 5.20. The number of alkyl halides is 2. The molecule has 1 amide bonds. The van der Waals surface area contributed by atoms with Crippen molar-refractivity contribution in [2.24, 2.45) is 0 Å². The molecular formula is C16H17F2N3O4. The third kappa shape index (κ3) is 5.64. The Labute approximate surface area is 142 Å². The molecule has 1 atom stereocenters. The summed E-state index contributed by atoms with van der Waals surface area (Å²) in [4.78, 5) is 20.4. The zero-order valence-corrected chi connectivity index (χ0v) is 13.6. The van der Waals surface area contributed by atoms with Crippen molar-refractivity contribution < 1.29 is 28.2 Å². The second-order valence-corrected chi connectivity index (χ2v) is 5.20. The van der Waals surface area contributed by atoms with Crippen LogP contribution in [0.2, 0.25) is 0 Å². The summed E-state index contributed by atoms with van der Waals surface area (Å²) < 4.78 is 33.8. The first-order chi connectivity index (χ1) is 11.8. The van der Waals surface area contributed by atoms with Gasteiger partial charge in [-0.15, -0.1) is 0 Å². The monoisotopic (exact) mass is 353 g/mol.